The summed E-state index contributed by atoms with van der Waals surface area (Å²) in [6.07, 6.45) is 1.72. The van der Waals surface area contributed by atoms with Gasteiger partial charge in [0.1, 0.15) is 0 Å². The smallest absolute Gasteiger partial charge is 0.308 e. The first-order chi connectivity index (χ1) is 12.9. The Balaban J connectivity index is 1.89. The van der Waals surface area contributed by atoms with E-state index in [9.17, 15) is 9.59 Å². The topological polar surface area (TPSA) is 55.8 Å². The van der Waals surface area contributed by atoms with Crippen LogP contribution in [0.1, 0.15) is 12.5 Å². The molecule has 2 aromatic carbocycles. The lowest BCUT2D eigenvalue weighted by molar-refractivity contribution is -0.132. The molecule has 0 radical (unpaired) electrons. The second-order valence-corrected chi connectivity index (χ2v) is 7.61. The SMILES string of the molecule is COc1cc(/C=C2/SC(=S)N(c3ccc(Cl)cc3)C2=O)ccc1OC(C)=O. The minimum absolute atomic E-state index is 0.213. The molecule has 1 aliphatic rings. The van der Waals surface area contributed by atoms with Crippen molar-refractivity contribution in [2.45, 2.75) is 6.92 Å². The van der Waals surface area contributed by atoms with Crippen molar-refractivity contribution in [3.8, 4) is 11.5 Å². The molecule has 0 saturated carbocycles. The Morgan fingerprint density at radius 1 is 1.19 bits per heavy atom. The van der Waals surface area contributed by atoms with Crippen LogP contribution in [0, 0.1) is 0 Å². The zero-order valence-corrected chi connectivity index (χ0v) is 16.8. The summed E-state index contributed by atoms with van der Waals surface area (Å²) in [5.74, 6) is 0.0585. The Hall–Kier alpha value is -2.35. The van der Waals surface area contributed by atoms with Crippen LogP contribution in [0.3, 0.4) is 0 Å². The molecule has 0 spiro atoms. The van der Waals surface area contributed by atoms with Crippen molar-refractivity contribution in [3.05, 3.63) is 58.0 Å². The van der Waals surface area contributed by atoms with Crippen LogP contribution in [-0.2, 0) is 9.59 Å². The van der Waals surface area contributed by atoms with Crippen LogP contribution >= 0.6 is 35.6 Å². The molecule has 8 heteroatoms. The van der Waals surface area contributed by atoms with Crippen molar-refractivity contribution < 1.29 is 19.1 Å². The number of rotatable bonds is 4. The highest BCUT2D eigenvalue weighted by Crippen LogP contribution is 2.37. The highest BCUT2D eigenvalue weighted by atomic mass is 35.5. The Bertz CT molecular complexity index is 957. The normalized spacial score (nSPS) is 15.4. The van der Waals surface area contributed by atoms with Crippen LogP contribution in [0.5, 0.6) is 11.5 Å². The third-order valence-corrected chi connectivity index (χ3v) is 5.17. The Morgan fingerprint density at radius 2 is 1.89 bits per heavy atom. The number of carbonyl (C=O) groups is 2. The molecule has 1 aliphatic heterocycles. The maximum Gasteiger partial charge on any atom is 0.308 e. The van der Waals surface area contributed by atoms with Gasteiger partial charge in [0.2, 0.25) is 0 Å². The molecule has 0 aliphatic carbocycles. The number of amides is 1. The van der Waals surface area contributed by atoms with Crippen LogP contribution in [0.25, 0.3) is 6.08 Å². The molecule has 2 aromatic rings. The molecule has 0 bridgehead atoms. The first-order valence-corrected chi connectivity index (χ1v) is 9.39. The van der Waals surface area contributed by atoms with E-state index in [0.717, 1.165) is 5.56 Å². The average molecular weight is 420 g/mol. The molecule has 0 atom stereocenters. The number of nitrogens with zero attached hydrogens (tertiary/aromatic N) is 1. The molecule has 0 unspecified atom stereocenters. The van der Waals surface area contributed by atoms with Crippen molar-refractivity contribution >= 4 is 63.5 Å². The molecule has 0 aromatic heterocycles. The van der Waals surface area contributed by atoms with Crippen molar-refractivity contribution in [2.24, 2.45) is 0 Å². The Labute approximate surface area is 170 Å². The number of thiocarbonyl (C=S) groups is 1. The number of thioether (sulfide) groups is 1. The fraction of sp³-hybridized carbons (Fsp3) is 0.105. The number of anilines is 1. The Morgan fingerprint density at radius 3 is 2.52 bits per heavy atom. The highest BCUT2D eigenvalue weighted by molar-refractivity contribution is 8.27. The standard InChI is InChI=1S/C19H14ClNO4S2/c1-11(22)25-15-8-3-12(9-16(15)24-2)10-17-18(23)21(19(26)27-17)14-6-4-13(20)5-7-14/h3-10H,1-2H3/b17-10+. The van der Waals surface area contributed by atoms with E-state index in [2.05, 4.69) is 0 Å². The number of hydrogen-bond acceptors (Lipinski definition) is 6. The van der Waals surface area contributed by atoms with Crippen LogP contribution in [0.2, 0.25) is 5.02 Å². The fourth-order valence-electron chi connectivity index (χ4n) is 2.44. The van der Waals surface area contributed by atoms with Crippen molar-refractivity contribution in [3.63, 3.8) is 0 Å². The van der Waals surface area contributed by atoms with Crippen LogP contribution < -0.4 is 14.4 Å². The minimum Gasteiger partial charge on any atom is -0.493 e. The molecule has 27 heavy (non-hydrogen) atoms. The number of esters is 1. The molecule has 1 amide bonds. The quantitative estimate of drug-likeness (QED) is 0.310. The highest BCUT2D eigenvalue weighted by Gasteiger charge is 2.33. The van der Waals surface area contributed by atoms with Gasteiger partial charge in [-0.3, -0.25) is 14.5 Å². The maximum absolute atomic E-state index is 12.8. The number of halogens is 1. The van der Waals surface area contributed by atoms with Crippen LogP contribution in [-0.4, -0.2) is 23.3 Å². The van der Waals surface area contributed by atoms with Gasteiger partial charge in [0.05, 0.1) is 17.7 Å². The van der Waals surface area contributed by atoms with Gasteiger partial charge in [0, 0.05) is 11.9 Å². The van der Waals surface area contributed by atoms with Crippen molar-refractivity contribution in [2.75, 3.05) is 12.0 Å². The van der Waals surface area contributed by atoms with E-state index in [1.807, 2.05) is 0 Å². The predicted molar refractivity (Wildman–Crippen MR) is 111 cm³/mol. The molecular weight excluding hydrogens is 406 g/mol. The van der Waals surface area contributed by atoms with Crippen molar-refractivity contribution in [1.29, 1.82) is 0 Å². The third-order valence-electron chi connectivity index (χ3n) is 3.62. The van der Waals surface area contributed by atoms with E-state index in [1.165, 1.54) is 30.7 Å². The number of ether oxygens (including phenoxy) is 2. The second-order valence-electron chi connectivity index (χ2n) is 5.50. The van der Waals surface area contributed by atoms with E-state index in [-0.39, 0.29) is 5.91 Å². The molecule has 138 valence electrons. The van der Waals surface area contributed by atoms with Gasteiger partial charge in [-0.25, -0.2) is 0 Å². The van der Waals surface area contributed by atoms with Gasteiger partial charge < -0.3 is 9.47 Å². The van der Waals surface area contributed by atoms with Gasteiger partial charge in [0.25, 0.3) is 5.91 Å². The van der Waals surface area contributed by atoms with Gasteiger partial charge in [-0.15, -0.1) is 0 Å². The number of carbonyl (C=O) groups excluding carboxylic acids is 2. The zero-order valence-electron chi connectivity index (χ0n) is 14.4. The van der Waals surface area contributed by atoms with Gasteiger partial charge in [-0.1, -0.05) is 41.6 Å². The van der Waals surface area contributed by atoms with Gasteiger partial charge in [0.15, 0.2) is 15.8 Å². The summed E-state index contributed by atoms with van der Waals surface area (Å²) in [6.45, 7) is 1.31. The fourth-order valence-corrected chi connectivity index (χ4v) is 3.87. The molecule has 3 rings (SSSR count). The van der Waals surface area contributed by atoms with Crippen LogP contribution in [0.4, 0.5) is 5.69 Å². The van der Waals surface area contributed by atoms with Gasteiger partial charge >= 0.3 is 5.97 Å². The average Bonchev–Trinajstić information content (AvgIpc) is 2.90. The summed E-state index contributed by atoms with van der Waals surface area (Å²) in [5.41, 5.74) is 1.38. The van der Waals surface area contributed by atoms with E-state index in [0.29, 0.717) is 31.4 Å². The summed E-state index contributed by atoms with van der Waals surface area (Å²) in [7, 11) is 1.48. The molecule has 0 N–H and O–H groups in total. The molecule has 1 saturated heterocycles. The molecule has 5 nitrogen and oxygen atoms in total. The van der Waals surface area contributed by atoms with E-state index < -0.39 is 5.97 Å². The van der Waals surface area contributed by atoms with E-state index in [1.54, 1.807) is 48.5 Å². The predicted octanol–water partition coefficient (Wildman–Crippen LogP) is 4.68. The monoisotopic (exact) mass is 419 g/mol. The minimum atomic E-state index is -0.440. The third kappa shape index (κ3) is 4.32. The summed E-state index contributed by atoms with van der Waals surface area (Å²) < 4.78 is 10.8. The summed E-state index contributed by atoms with van der Waals surface area (Å²) in [5, 5.41) is 0.583. The lowest BCUT2D eigenvalue weighted by Crippen LogP contribution is -2.27. The first-order valence-electron chi connectivity index (χ1n) is 7.79. The zero-order chi connectivity index (χ0) is 19.6. The van der Waals surface area contributed by atoms with Crippen molar-refractivity contribution in [1.82, 2.24) is 0 Å². The molecule has 1 fully saturated rings. The van der Waals surface area contributed by atoms with E-state index >= 15 is 0 Å². The molecule has 1 heterocycles. The number of benzene rings is 2. The maximum atomic E-state index is 12.8. The lowest BCUT2D eigenvalue weighted by atomic mass is 10.2. The van der Waals surface area contributed by atoms with Crippen LogP contribution in [0.15, 0.2) is 47.4 Å². The first kappa shape index (κ1) is 19.4. The summed E-state index contributed by atoms with van der Waals surface area (Å²) in [6, 6.07) is 11.9. The van der Waals surface area contributed by atoms with Gasteiger partial charge in [-0.05, 0) is 48.0 Å². The molecular formula is C19H14ClNO4S2. The number of methoxy groups -OCH3 is 1. The summed E-state index contributed by atoms with van der Waals surface area (Å²) in [4.78, 5) is 25.9. The van der Waals surface area contributed by atoms with Gasteiger partial charge in [-0.2, -0.15) is 0 Å². The van der Waals surface area contributed by atoms with E-state index in [4.69, 9.17) is 33.3 Å². The summed E-state index contributed by atoms with van der Waals surface area (Å²) >= 11 is 12.5. The lowest BCUT2D eigenvalue weighted by Gasteiger charge is -2.14. The Kier molecular flexibility index (Phi) is 5.84. The largest absolute Gasteiger partial charge is 0.493 e. The number of hydrogen-bond donors (Lipinski definition) is 0. The second kappa shape index (κ2) is 8.12.